The van der Waals surface area contributed by atoms with Crippen molar-refractivity contribution >= 4 is 28.4 Å². The van der Waals surface area contributed by atoms with Crippen LogP contribution in [0.15, 0.2) is 66.9 Å². The molecule has 1 aromatic heterocycles. The molecule has 0 spiro atoms. The lowest BCUT2D eigenvalue weighted by Crippen LogP contribution is -1.94. The molecule has 3 rings (SSSR count). The SMILES string of the molecule is Nc1ccc(/C=C/C(=O)c2ccc3ncccc3c2)cc1. The van der Waals surface area contributed by atoms with Crippen molar-refractivity contribution in [2.45, 2.75) is 0 Å². The molecule has 2 aromatic carbocycles. The lowest BCUT2D eigenvalue weighted by atomic mass is 10.1. The van der Waals surface area contributed by atoms with Gasteiger partial charge in [-0.05, 0) is 48.0 Å². The summed E-state index contributed by atoms with van der Waals surface area (Å²) in [6.07, 6.45) is 5.10. The quantitative estimate of drug-likeness (QED) is 0.450. The monoisotopic (exact) mass is 274 g/mol. The number of aromatic nitrogens is 1. The molecule has 0 atom stereocenters. The molecule has 0 aliphatic heterocycles. The van der Waals surface area contributed by atoms with Gasteiger partial charge in [0.25, 0.3) is 0 Å². The molecule has 0 aliphatic rings. The van der Waals surface area contributed by atoms with Crippen LogP contribution in [0.1, 0.15) is 15.9 Å². The summed E-state index contributed by atoms with van der Waals surface area (Å²) in [6, 6.07) is 16.7. The van der Waals surface area contributed by atoms with Gasteiger partial charge in [-0.3, -0.25) is 9.78 Å². The summed E-state index contributed by atoms with van der Waals surface area (Å²) in [6.45, 7) is 0. The topological polar surface area (TPSA) is 56.0 Å². The minimum atomic E-state index is -0.0300. The van der Waals surface area contributed by atoms with Crippen LogP contribution < -0.4 is 5.73 Å². The summed E-state index contributed by atoms with van der Waals surface area (Å²) in [5.41, 5.74) is 8.82. The van der Waals surface area contributed by atoms with Gasteiger partial charge in [-0.25, -0.2) is 0 Å². The van der Waals surface area contributed by atoms with E-state index in [0.29, 0.717) is 11.3 Å². The fourth-order valence-electron chi connectivity index (χ4n) is 2.10. The van der Waals surface area contributed by atoms with Crippen LogP contribution in [0.3, 0.4) is 0 Å². The summed E-state index contributed by atoms with van der Waals surface area (Å²) in [5.74, 6) is -0.0300. The number of anilines is 1. The van der Waals surface area contributed by atoms with Gasteiger partial charge in [0.15, 0.2) is 5.78 Å². The second-order valence-corrected chi connectivity index (χ2v) is 4.78. The molecular formula is C18H14N2O. The van der Waals surface area contributed by atoms with Crippen molar-refractivity contribution < 1.29 is 4.79 Å². The molecule has 0 bridgehead atoms. The lowest BCUT2D eigenvalue weighted by Gasteiger charge is -2.00. The number of hydrogen-bond acceptors (Lipinski definition) is 3. The summed E-state index contributed by atoms with van der Waals surface area (Å²) >= 11 is 0. The number of rotatable bonds is 3. The summed E-state index contributed by atoms with van der Waals surface area (Å²) in [4.78, 5) is 16.4. The maximum absolute atomic E-state index is 12.2. The Kier molecular flexibility index (Phi) is 3.48. The van der Waals surface area contributed by atoms with E-state index in [9.17, 15) is 4.79 Å². The highest BCUT2D eigenvalue weighted by Gasteiger charge is 2.03. The molecule has 21 heavy (non-hydrogen) atoms. The number of pyridine rings is 1. The van der Waals surface area contributed by atoms with Crippen LogP contribution in [-0.2, 0) is 0 Å². The van der Waals surface area contributed by atoms with Crippen molar-refractivity contribution in [1.29, 1.82) is 0 Å². The van der Waals surface area contributed by atoms with Crippen molar-refractivity contribution in [3.63, 3.8) is 0 Å². The van der Waals surface area contributed by atoms with Gasteiger partial charge in [0.1, 0.15) is 0 Å². The fourth-order valence-corrected chi connectivity index (χ4v) is 2.10. The summed E-state index contributed by atoms with van der Waals surface area (Å²) < 4.78 is 0. The van der Waals surface area contributed by atoms with E-state index < -0.39 is 0 Å². The number of allylic oxidation sites excluding steroid dienone is 1. The Morgan fingerprint density at radius 3 is 2.67 bits per heavy atom. The highest BCUT2D eigenvalue weighted by atomic mass is 16.1. The number of carbonyl (C=O) groups excluding carboxylic acids is 1. The zero-order chi connectivity index (χ0) is 14.7. The van der Waals surface area contributed by atoms with Crippen LogP contribution in [0, 0.1) is 0 Å². The van der Waals surface area contributed by atoms with Gasteiger partial charge in [0.2, 0.25) is 0 Å². The average Bonchev–Trinajstić information content (AvgIpc) is 2.53. The van der Waals surface area contributed by atoms with E-state index >= 15 is 0 Å². The Morgan fingerprint density at radius 2 is 1.86 bits per heavy atom. The zero-order valence-electron chi connectivity index (χ0n) is 11.4. The smallest absolute Gasteiger partial charge is 0.185 e. The van der Waals surface area contributed by atoms with Crippen molar-refractivity contribution in [1.82, 2.24) is 4.98 Å². The highest BCUT2D eigenvalue weighted by Crippen LogP contribution is 2.15. The number of fused-ring (bicyclic) bond motifs is 1. The van der Waals surface area contributed by atoms with Gasteiger partial charge in [0.05, 0.1) is 5.52 Å². The van der Waals surface area contributed by atoms with Crippen molar-refractivity contribution in [3.8, 4) is 0 Å². The summed E-state index contributed by atoms with van der Waals surface area (Å²) in [5, 5.41) is 0.962. The predicted octanol–water partition coefficient (Wildman–Crippen LogP) is 3.71. The standard InChI is InChI=1S/C18H14N2O/c19-16-7-3-13(4-8-16)5-10-18(21)15-6-9-17-14(12-15)2-1-11-20-17/h1-12H,19H2/b10-5+. The molecule has 0 radical (unpaired) electrons. The van der Waals surface area contributed by atoms with Crippen LogP contribution >= 0.6 is 0 Å². The number of nitrogens with two attached hydrogens (primary N) is 1. The van der Waals surface area contributed by atoms with Gasteiger partial charge >= 0.3 is 0 Å². The Morgan fingerprint density at radius 1 is 1.05 bits per heavy atom. The maximum atomic E-state index is 12.2. The van der Waals surface area contributed by atoms with Gasteiger partial charge in [-0.2, -0.15) is 0 Å². The van der Waals surface area contributed by atoms with E-state index in [2.05, 4.69) is 4.98 Å². The minimum Gasteiger partial charge on any atom is -0.399 e. The molecule has 1 heterocycles. The van der Waals surface area contributed by atoms with Crippen molar-refractivity contribution in [2.75, 3.05) is 5.73 Å². The number of carbonyl (C=O) groups is 1. The van der Waals surface area contributed by atoms with Gasteiger partial charge in [-0.1, -0.05) is 24.3 Å². The number of ketones is 1. The second-order valence-electron chi connectivity index (χ2n) is 4.78. The first-order valence-electron chi connectivity index (χ1n) is 6.65. The Labute approximate surface area is 122 Å². The zero-order valence-corrected chi connectivity index (χ0v) is 11.4. The molecule has 0 fully saturated rings. The van der Waals surface area contributed by atoms with Gasteiger partial charge in [-0.15, -0.1) is 0 Å². The number of nitrogens with zero attached hydrogens (tertiary/aromatic N) is 1. The number of nitrogen functional groups attached to an aromatic ring is 1. The van der Waals surface area contributed by atoms with Crippen LogP contribution in [-0.4, -0.2) is 10.8 Å². The Bertz CT molecular complexity index is 820. The Hall–Kier alpha value is -2.94. The molecule has 2 N–H and O–H groups in total. The fraction of sp³-hybridized carbons (Fsp3) is 0. The van der Waals surface area contributed by atoms with E-state index in [1.165, 1.54) is 0 Å². The predicted molar refractivity (Wildman–Crippen MR) is 86.0 cm³/mol. The highest BCUT2D eigenvalue weighted by molar-refractivity contribution is 6.08. The van der Waals surface area contributed by atoms with Crippen molar-refractivity contribution in [3.05, 3.63) is 78.0 Å². The minimum absolute atomic E-state index is 0.0300. The molecule has 0 aliphatic carbocycles. The van der Waals surface area contributed by atoms with Crippen LogP contribution in [0.4, 0.5) is 5.69 Å². The van der Waals surface area contributed by atoms with Crippen molar-refractivity contribution in [2.24, 2.45) is 0 Å². The van der Waals surface area contributed by atoms with E-state index in [1.807, 2.05) is 48.5 Å². The van der Waals surface area contributed by atoms with E-state index in [4.69, 9.17) is 5.73 Å². The normalized spacial score (nSPS) is 11.0. The number of hydrogen-bond donors (Lipinski definition) is 1. The molecule has 0 amide bonds. The molecule has 3 aromatic rings. The number of benzene rings is 2. The molecule has 3 heteroatoms. The van der Waals surface area contributed by atoms with E-state index in [1.54, 1.807) is 24.4 Å². The second kappa shape index (κ2) is 5.59. The van der Waals surface area contributed by atoms with Crippen LogP contribution in [0.25, 0.3) is 17.0 Å². The third-order valence-corrected chi connectivity index (χ3v) is 3.25. The molecule has 102 valence electrons. The first-order valence-corrected chi connectivity index (χ1v) is 6.65. The molecule has 0 saturated heterocycles. The van der Waals surface area contributed by atoms with Gasteiger partial charge < -0.3 is 5.73 Å². The molecule has 3 nitrogen and oxygen atoms in total. The molecule has 0 saturated carbocycles. The van der Waals surface area contributed by atoms with Gasteiger partial charge in [0, 0.05) is 22.8 Å². The molecule has 0 unspecified atom stereocenters. The lowest BCUT2D eigenvalue weighted by molar-refractivity contribution is 0.104. The maximum Gasteiger partial charge on any atom is 0.185 e. The van der Waals surface area contributed by atoms with Crippen LogP contribution in [0.5, 0.6) is 0 Å². The average molecular weight is 274 g/mol. The third-order valence-electron chi connectivity index (χ3n) is 3.25. The first-order chi connectivity index (χ1) is 10.2. The van der Waals surface area contributed by atoms with E-state index in [-0.39, 0.29) is 5.78 Å². The third kappa shape index (κ3) is 2.98. The van der Waals surface area contributed by atoms with E-state index in [0.717, 1.165) is 16.5 Å². The Balaban J connectivity index is 1.84. The first kappa shape index (κ1) is 13.1. The summed E-state index contributed by atoms with van der Waals surface area (Å²) in [7, 11) is 0. The largest absolute Gasteiger partial charge is 0.399 e. The molecular weight excluding hydrogens is 260 g/mol. The van der Waals surface area contributed by atoms with Crippen LogP contribution in [0.2, 0.25) is 0 Å².